The molecule has 1 aliphatic rings. The fourth-order valence-electron chi connectivity index (χ4n) is 3.91. The Kier molecular flexibility index (Phi) is 7.61. The Morgan fingerprint density at radius 1 is 0.868 bits per heavy atom. The zero-order valence-electron chi connectivity index (χ0n) is 19.2. The largest absolute Gasteiger partial charge is 0.342 e. The summed E-state index contributed by atoms with van der Waals surface area (Å²) in [7, 11) is 0. The topological polar surface area (TPSA) is 92.2 Å². The van der Waals surface area contributed by atoms with Crippen LogP contribution < -0.4 is 16.0 Å². The molecule has 0 radical (unpaired) electrons. The van der Waals surface area contributed by atoms with Crippen molar-refractivity contribution in [3.05, 3.63) is 96.9 Å². The van der Waals surface area contributed by atoms with Gasteiger partial charge >= 0.3 is 6.03 Å². The average molecular weight is 606 g/mol. The number of nitrogens with zero attached hydrogens (tertiary/aromatic N) is 1. The van der Waals surface area contributed by atoms with Crippen LogP contribution in [-0.2, 0) is 11.3 Å². The van der Waals surface area contributed by atoms with Gasteiger partial charge in [-0.3, -0.25) is 14.9 Å². The summed E-state index contributed by atoms with van der Waals surface area (Å²) in [6.45, 7) is 0.472. The van der Waals surface area contributed by atoms with Crippen LogP contribution in [0.1, 0.15) is 11.1 Å². The molecule has 0 spiro atoms. The fourth-order valence-corrected chi connectivity index (χ4v) is 5.20. The third-order valence-electron chi connectivity index (χ3n) is 5.61. The van der Waals surface area contributed by atoms with Gasteiger partial charge in [0.2, 0.25) is 0 Å². The molecule has 7 nitrogen and oxygen atoms in total. The van der Waals surface area contributed by atoms with E-state index < -0.39 is 17.2 Å². The van der Waals surface area contributed by atoms with Crippen LogP contribution in [0.2, 0.25) is 20.1 Å². The molecule has 1 aromatic heterocycles. The van der Waals surface area contributed by atoms with Gasteiger partial charge < -0.3 is 15.2 Å². The van der Waals surface area contributed by atoms with Gasteiger partial charge in [0.25, 0.3) is 11.1 Å². The Labute approximate surface area is 241 Å². The van der Waals surface area contributed by atoms with E-state index in [-0.39, 0.29) is 4.91 Å². The minimum atomic E-state index is -0.478. The number of thioether (sulfide) groups is 1. The molecule has 38 heavy (non-hydrogen) atoms. The number of aromatic nitrogens is 1. The number of fused-ring (bicyclic) bond motifs is 1. The van der Waals surface area contributed by atoms with Crippen LogP contribution >= 0.6 is 58.2 Å². The number of imide groups is 1. The third kappa shape index (κ3) is 5.80. The number of benzene rings is 3. The van der Waals surface area contributed by atoms with E-state index in [9.17, 15) is 14.4 Å². The van der Waals surface area contributed by atoms with E-state index in [4.69, 9.17) is 46.4 Å². The number of hydrogen-bond acceptors (Lipinski definition) is 4. The van der Waals surface area contributed by atoms with E-state index in [0.717, 1.165) is 28.2 Å². The molecule has 0 saturated carbocycles. The van der Waals surface area contributed by atoms with Crippen molar-refractivity contribution < 1.29 is 14.4 Å². The lowest BCUT2D eigenvalue weighted by molar-refractivity contribution is -0.115. The van der Waals surface area contributed by atoms with E-state index >= 15 is 0 Å². The fraction of sp³-hybridized carbons (Fsp3) is 0.0385. The van der Waals surface area contributed by atoms with Gasteiger partial charge in [-0.05, 0) is 71.9 Å². The lowest BCUT2D eigenvalue weighted by Crippen LogP contribution is -2.19. The molecule has 0 bridgehead atoms. The van der Waals surface area contributed by atoms with Crippen LogP contribution in [0.25, 0.3) is 17.0 Å². The molecule has 192 valence electrons. The molecule has 12 heteroatoms. The van der Waals surface area contributed by atoms with E-state index in [1.807, 2.05) is 22.9 Å². The number of carbonyl (C=O) groups excluding carboxylic acids is 3. The molecule has 1 aliphatic heterocycles. The maximum absolute atomic E-state index is 12.6. The molecule has 4 aromatic rings. The van der Waals surface area contributed by atoms with Crippen LogP contribution in [0.4, 0.5) is 21.0 Å². The van der Waals surface area contributed by atoms with Gasteiger partial charge in [0, 0.05) is 40.6 Å². The number of amides is 4. The Morgan fingerprint density at radius 3 is 2.18 bits per heavy atom. The zero-order valence-corrected chi connectivity index (χ0v) is 23.0. The van der Waals surface area contributed by atoms with Gasteiger partial charge in [-0.2, -0.15) is 0 Å². The first-order valence-electron chi connectivity index (χ1n) is 11.0. The van der Waals surface area contributed by atoms with Gasteiger partial charge in [-0.1, -0.05) is 52.5 Å². The number of urea groups is 1. The second-order valence-electron chi connectivity index (χ2n) is 8.25. The summed E-state index contributed by atoms with van der Waals surface area (Å²) < 4.78 is 1.99. The Hall–Kier alpha value is -3.14. The van der Waals surface area contributed by atoms with Crippen molar-refractivity contribution in [1.29, 1.82) is 0 Å². The van der Waals surface area contributed by atoms with E-state index in [1.165, 1.54) is 0 Å². The third-order valence-corrected chi connectivity index (χ3v) is 7.90. The zero-order chi connectivity index (χ0) is 27.0. The van der Waals surface area contributed by atoms with Crippen molar-refractivity contribution >= 4 is 104 Å². The molecular formula is C26H16Cl4N4O3S. The van der Waals surface area contributed by atoms with Crippen LogP contribution in [0.3, 0.4) is 0 Å². The summed E-state index contributed by atoms with van der Waals surface area (Å²) in [5, 5.41) is 9.71. The highest BCUT2D eigenvalue weighted by Gasteiger charge is 2.25. The minimum Gasteiger partial charge on any atom is -0.342 e. The van der Waals surface area contributed by atoms with Crippen molar-refractivity contribution in [2.75, 3.05) is 10.6 Å². The minimum absolute atomic E-state index is 0.277. The highest BCUT2D eigenvalue weighted by molar-refractivity contribution is 8.18. The molecular weight excluding hydrogens is 590 g/mol. The summed E-state index contributed by atoms with van der Waals surface area (Å²) >= 11 is 25.1. The van der Waals surface area contributed by atoms with Gasteiger partial charge in [-0.25, -0.2) is 4.79 Å². The van der Waals surface area contributed by atoms with Gasteiger partial charge in [-0.15, -0.1) is 0 Å². The molecule has 0 unspecified atom stereocenters. The smallest absolute Gasteiger partial charge is 0.323 e. The first-order chi connectivity index (χ1) is 18.2. The molecule has 3 aromatic carbocycles. The van der Waals surface area contributed by atoms with Crippen molar-refractivity contribution in [3.63, 3.8) is 0 Å². The summed E-state index contributed by atoms with van der Waals surface area (Å²) in [6.07, 6.45) is 3.52. The first-order valence-corrected chi connectivity index (χ1v) is 13.3. The van der Waals surface area contributed by atoms with E-state index in [1.54, 1.807) is 48.5 Å². The lowest BCUT2D eigenvalue weighted by Gasteiger charge is -2.10. The van der Waals surface area contributed by atoms with Crippen LogP contribution in [0.15, 0.2) is 65.7 Å². The van der Waals surface area contributed by atoms with Crippen molar-refractivity contribution in [1.82, 2.24) is 9.88 Å². The summed E-state index contributed by atoms with van der Waals surface area (Å²) in [4.78, 5) is 36.8. The monoisotopic (exact) mass is 604 g/mol. The summed E-state index contributed by atoms with van der Waals surface area (Å²) in [5.41, 5.74) is 3.45. The number of hydrogen-bond donors (Lipinski definition) is 3. The second kappa shape index (κ2) is 10.9. The average Bonchev–Trinajstić information content (AvgIpc) is 3.36. The summed E-state index contributed by atoms with van der Waals surface area (Å²) in [5.74, 6) is -0.458. The van der Waals surface area contributed by atoms with Crippen molar-refractivity contribution in [2.24, 2.45) is 0 Å². The van der Waals surface area contributed by atoms with Gasteiger partial charge in [0.15, 0.2) is 0 Å². The Bertz CT molecular complexity index is 1670. The molecule has 5 rings (SSSR count). The number of nitrogens with one attached hydrogen (secondary N) is 3. The summed E-state index contributed by atoms with van der Waals surface area (Å²) in [6, 6.07) is 15.1. The second-order valence-corrected chi connectivity index (χ2v) is 10.9. The van der Waals surface area contributed by atoms with Gasteiger partial charge in [0.05, 0.1) is 25.0 Å². The van der Waals surface area contributed by atoms with E-state index in [2.05, 4.69) is 16.0 Å². The number of rotatable bonds is 5. The molecule has 0 aliphatic carbocycles. The molecule has 4 amide bonds. The first kappa shape index (κ1) is 26.5. The maximum atomic E-state index is 12.6. The number of carbonyl (C=O) groups is 3. The van der Waals surface area contributed by atoms with Gasteiger partial charge in [0.1, 0.15) is 0 Å². The van der Waals surface area contributed by atoms with Crippen molar-refractivity contribution in [2.45, 2.75) is 6.54 Å². The molecule has 0 atom stereocenters. The van der Waals surface area contributed by atoms with Crippen LogP contribution in [0, 0.1) is 0 Å². The van der Waals surface area contributed by atoms with Crippen LogP contribution in [0.5, 0.6) is 0 Å². The molecule has 3 N–H and O–H groups in total. The lowest BCUT2D eigenvalue weighted by atomic mass is 10.1. The quantitative estimate of drug-likeness (QED) is 0.200. The number of anilines is 2. The van der Waals surface area contributed by atoms with Crippen molar-refractivity contribution in [3.8, 4) is 0 Å². The van der Waals surface area contributed by atoms with Crippen LogP contribution in [-0.4, -0.2) is 21.7 Å². The highest BCUT2D eigenvalue weighted by Crippen LogP contribution is 2.32. The predicted molar refractivity (Wildman–Crippen MR) is 156 cm³/mol. The standard InChI is InChI=1S/C26H16Cl4N4O3S/c27-18-4-1-13(7-20(18)29)11-34-12-14(8-23-24(35)33-26(37)38-23)17-9-15(3-6-22(17)34)31-25(36)32-16-2-5-19(28)21(30)10-16/h1-10,12H,11H2,(H2,31,32,36)(H,33,35,37)/b23-8+. The molecule has 1 fully saturated rings. The normalized spacial score (nSPS) is 14.3. The SMILES string of the molecule is O=C(Nc1ccc(Cl)c(Cl)c1)Nc1ccc2c(c1)c(/C=C1/SC(=O)NC1=O)cn2Cc1ccc(Cl)c(Cl)c1. The molecule has 1 saturated heterocycles. The maximum Gasteiger partial charge on any atom is 0.323 e. The Morgan fingerprint density at radius 2 is 1.53 bits per heavy atom. The number of halogens is 4. The Balaban J connectivity index is 1.48. The predicted octanol–water partition coefficient (Wildman–Crippen LogP) is 8.27. The molecule has 2 heterocycles. The highest BCUT2D eigenvalue weighted by atomic mass is 35.5. The van der Waals surface area contributed by atoms with E-state index in [0.29, 0.717) is 43.6 Å².